The lowest BCUT2D eigenvalue weighted by Crippen LogP contribution is -2.40. The zero-order chi connectivity index (χ0) is 28.6. The largest absolute Gasteiger partial charge is 0.496 e. The van der Waals surface area contributed by atoms with E-state index in [0.717, 1.165) is 13.8 Å². The van der Waals surface area contributed by atoms with Crippen molar-refractivity contribution in [1.82, 2.24) is 4.57 Å². The highest BCUT2D eigenvalue weighted by molar-refractivity contribution is 9.10. The molecule has 2 aromatic carbocycles. The van der Waals surface area contributed by atoms with Crippen LogP contribution in [0.5, 0.6) is 5.75 Å². The number of rotatable bonds is 7. The van der Waals surface area contributed by atoms with Crippen LogP contribution in [-0.2, 0) is 9.53 Å². The van der Waals surface area contributed by atoms with Crippen molar-refractivity contribution in [3.63, 3.8) is 0 Å². The summed E-state index contributed by atoms with van der Waals surface area (Å²) >= 11 is 9.80. The third-order valence-corrected chi connectivity index (χ3v) is 9.30. The van der Waals surface area contributed by atoms with Crippen molar-refractivity contribution in [3.05, 3.63) is 106 Å². The Bertz CT molecular complexity index is 1810. The zero-order valence-electron chi connectivity index (χ0n) is 21.9. The molecule has 1 aliphatic heterocycles. The number of carbonyl (C=O) groups excluding carboxylic acids is 1. The van der Waals surface area contributed by atoms with Gasteiger partial charge in [0.25, 0.3) is 5.56 Å². The molecule has 206 valence electrons. The van der Waals surface area contributed by atoms with E-state index in [4.69, 9.17) is 13.9 Å². The number of nitrogens with zero attached hydrogens (tertiary/aromatic N) is 2. The number of furan rings is 1. The number of ether oxygens (including phenoxy) is 2. The lowest BCUT2D eigenvalue weighted by Gasteiger charge is -2.26. The Morgan fingerprint density at radius 1 is 1.18 bits per heavy atom. The van der Waals surface area contributed by atoms with E-state index in [-0.39, 0.29) is 17.2 Å². The quantitative estimate of drug-likeness (QED) is 0.206. The first-order chi connectivity index (χ1) is 19.2. The van der Waals surface area contributed by atoms with Gasteiger partial charge < -0.3 is 13.9 Å². The van der Waals surface area contributed by atoms with E-state index in [1.807, 2.05) is 48.5 Å². The summed E-state index contributed by atoms with van der Waals surface area (Å²) in [5.41, 5.74) is 1.10. The summed E-state index contributed by atoms with van der Waals surface area (Å²) < 4.78 is 20.8. The highest BCUT2D eigenvalue weighted by Gasteiger charge is 2.35. The SMILES string of the molecule is COc1ccc(Br)cc1[C@H]1C(C(=O)OC(C)C)=C(C)N=c2s/c(=C\c3cc(Br)c(Sc4ccccc4)o3)c(=O)n21. The van der Waals surface area contributed by atoms with Gasteiger partial charge in [0.1, 0.15) is 17.6 Å². The average molecular weight is 704 g/mol. The summed E-state index contributed by atoms with van der Waals surface area (Å²) in [7, 11) is 1.55. The van der Waals surface area contributed by atoms with Crippen LogP contribution in [0, 0.1) is 0 Å². The second kappa shape index (κ2) is 11.9. The van der Waals surface area contributed by atoms with Crippen LogP contribution in [0.4, 0.5) is 0 Å². The monoisotopic (exact) mass is 702 g/mol. The molecule has 0 spiro atoms. The van der Waals surface area contributed by atoms with E-state index in [2.05, 4.69) is 36.9 Å². The van der Waals surface area contributed by atoms with Crippen LogP contribution in [0.25, 0.3) is 6.08 Å². The zero-order valence-corrected chi connectivity index (χ0v) is 26.7. The molecule has 11 heteroatoms. The number of methoxy groups -OCH3 is 1. The molecule has 0 aliphatic carbocycles. The molecule has 1 atom stereocenters. The fourth-order valence-electron chi connectivity index (χ4n) is 4.31. The van der Waals surface area contributed by atoms with Crippen molar-refractivity contribution in [2.75, 3.05) is 7.11 Å². The molecule has 40 heavy (non-hydrogen) atoms. The minimum Gasteiger partial charge on any atom is -0.496 e. The molecule has 0 amide bonds. The molecule has 0 bridgehead atoms. The molecule has 3 heterocycles. The van der Waals surface area contributed by atoms with Crippen molar-refractivity contribution < 1.29 is 18.7 Å². The Hall–Kier alpha value is -2.86. The van der Waals surface area contributed by atoms with E-state index in [0.29, 0.717) is 37.2 Å². The lowest BCUT2D eigenvalue weighted by atomic mass is 9.95. The van der Waals surface area contributed by atoms with Crippen molar-refractivity contribution in [2.45, 2.75) is 42.9 Å². The topological polar surface area (TPSA) is 83.0 Å². The van der Waals surface area contributed by atoms with E-state index in [1.54, 1.807) is 40.0 Å². The van der Waals surface area contributed by atoms with Crippen LogP contribution < -0.4 is 19.6 Å². The summed E-state index contributed by atoms with van der Waals surface area (Å²) in [6, 6.07) is 16.4. The minimum absolute atomic E-state index is 0.284. The maximum absolute atomic E-state index is 14.0. The highest BCUT2D eigenvalue weighted by Crippen LogP contribution is 2.38. The van der Waals surface area contributed by atoms with Gasteiger partial charge in [0.15, 0.2) is 9.89 Å². The van der Waals surface area contributed by atoms with Crippen LogP contribution in [0.1, 0.15) is 38.1 Å². The van der Waals surface area contributed by atoms with Gasteiger partial charge in [-0.25, -0.2) is 9.79 Å². The second-order valence-corrected chi connectivity index (χ2v) is 12.9. The molecule has 5 rings (SSSR count). The average Bonchev–Trinajstić information content (AvgIpc) is 3.40. The fourth-order valence-corrected chi connectivity index (χ4v) is 7.06. The standard InChI is InChI=1S/C29H24Br2N2O5S2/c1-15(2)37-27(35)24-16(3)32-29-33(25(24)20-12-17(30)10-11-22(20)36-4)26(34)23(40-29)14-18-13-21(31)28(38-18)39-19-8-6-5-7-9-19/h5-15,25H,1-4H3/b23-14-/t25-/m0/s1. The number of aromatic nitrogens is 1. The molecule has 7 nitrogen and oxygen atoms in total. The highest BCUT2D eigenvalue weighted by atomic mass is 79.9. The van der Waals surface area contributed by atoms with Crippen LogP contribution in [0.3, 0.4) is 0 Å². The van der Waals surface area contributed by atoms with Crippen LogP contribution in [-0.4, -0.2) is 23.8 Å². The normalized spacial score (nSPS) is 15.3. The van der Waals surface area contributed by atoms with Gasteiger partial charge >= 0.3 is 5.97 Å². The number of hydrogen-bond donors (Lipinski definition) is 0. The number of halogens is 2. The molecular weight excluding hydrogens is 680 g/mol. The maximum Gasteiger partial charge on any atom is 0.338 e. The number of hydrogen-bond acceptors (Lipinski definition) is 8. The predicted octanol–water partition coefficient (Wildman–Crippen LogP) is 6.46. The van der Waals surface area contributed by atoms with Gasteiger partial charge in [-0.3, -0.25) is 9.36 Å². The third kappa shape index (κ3) is 5.79. The fraction of sp³-hybridized carbons (Fsp3) is 0.207. The second-order valence-electron chi connectivity index (χ2n) is 9.12. The predicted molar refractivity (Wildman–Crippen MR) is 163 cm³/mol. The van der Waals surface area contributed by atoms with Crippen LogP contribution in [0.15, 0.2) is 99.0 Å². The Kier molecular flexibility index (Phi) is 8.55. The van der Waals surface area contributed by atoms with E-state index in [9.17, 15) is 9.59 Å². The van der Waals surface area contributed by atoms with E-state index < -0.39 is 12.0 Å². The molecule has 0 saturated carbocycles. The minimum atomic E-state index is -0.801. The van der Waals surface area contributed by atoms with Gasteiger partial charge in [0.2, 0.25) is 0 Å². The smallest absolute Gasteiger partial charge is 0.338 e. The molecular formula is C29H24Br2N2O5S2. The Morgan fingerprint density at radius 3 is 2.62 bits per heavy atom. The Morgan fingerprint density at radius 2 is 1.93 bits per heavy atom. The molecule has 0 unspecified atom stereocenters. The van der Waals surface area contributed by atoms with Gasteiger partial charge in [0, 0.05) is 21.0 Å². The summed E-state index contributed by atoms with van der Waals surface area (Å²) in [4.78, 5) is 33.5. The van der Waals surface area contributed by atoms with Crippen molar-refractivity contribution in [2.24, 2.45) is 4.99 Å². The van der Waals surface area contributed by atoms with Gasteiger partial charge in [-0.2, -0.15) is 0 Å². The number of esters is 1. The molecule has 0 saturated heterocycles. The number of benzene rings is 2. The first kappa shape index (κ1) is 28.7. The van der Waals surface area contributed by atoms with E-state index >= 15 is 0 Å². The van der Waals surface area contributed by atoms with Crippen molar-refractivity contribution in [1.29, 1.82) is 0 Å². The summed E-state index contributed by atoms with van der Waals surface area (Å²) in [6.07, 6.45) is 1.35. The van der Waals surface area contributed by atoms with Gasteiger partial charge in [0.05, 0.1) is 33.5 Å². The Balaban J connectivity index is 1.66. The first-order valence-corrected chi connectivity index (χ1v) is 15.5. The van der Waals surface area contributed by atoms with E-state index in [1.165, 1.54) is 27.7 Å². The summed E-state index contributed by atoms with van der Waals surface area (Å²) in [5.74, 6) is 0.516. The molecule has 0 N–H and O–H groups in total. The van der Waals surface area contributed by atoms with Gasteiger partial charge in [-0.15, -0.1) is 0 Å². The first-order valence-electron chi connectivity index (χ1n) is 12.3. The molecule has 0 radical (unpaired) electrons. The summed E-state index contributed by atoms with van der Waals surface area (Å²) in [5, 5.41) is 0.677. The molecule has 2 aromatic heterocycles. The lowest BCUT2D eigenvalue weighted by molar-refractivity contribution is -0.143. The van der Waals surface area contributed by atoms with Crippen molar-refractivity contribution >= 4 is 67.0 Å². The summed E-state index contributed by atoms with van der Waals surface area (Å²) in [6.45, 7) is 5.31. The molecule has 4 aromatic rings. The van der Waals surface area contributed by atoms with Crippen molar-refractivity contribution in [3.8, 4) is 5.75 Å². The molecule has 1 aliphatic rings. The van der Waals surface area contributed by atoms with Crippen LogP contribution >= 0.6 is 55.0 Å². The number of fused-ring (bicyclic) bond motifs is 1. The van der Waals surface area contributed by atoms with Gasteiger partial charge in [-0.1, -0.05) is 57.2 Å². The van der Waals surface area contributed by atoms with Crippen LogP contribution in [0.2, 0.25) is 0 Å². The number of thiazole rings is 1. The van der Waals surface area contributed by atoms with Gasteiger partial charge in [-0.05, 0) is 73.1 Å². The molecule has 0 fully saturated rings. The number of carbonyl (C=O) groups is 1. The third-order valence-electron chi connectivity index (χ3n) is 5.97. The number of allylic oxidation sites excluding steroid dienone is 1. The maximum atomic E-state index is 14.0. The Labute approximate surface area is 255 Å².